The van der Waals surface area contributed by atoms with Gasteiger partial charge in [0.2, 0.25) is 0 Å². The Labute approximate surface area is 129 Å². The molecular weight excluding hydrogens is 290 g/mol. The number of methoxy groups -OCH3 is 2. The summed E-state index contributed by atoms with van der Waals surface area (Å²) in [7, 11) is 3.19. The van der Waals surface area contributed by atoms with Crippen LogP contribution in [0.4, 0.5) is 5.69 Å². The van der Waals surface area contributed by atoms with Crippen molar-refractivity contribution in [3.63, 3.8) is 0 Å². The second-order valence-corrected chi connectivity index (χ2v) is 5.33. The van der Waals surface area contributed by atoms with E-state index in [2.05, 4.69) is 24.3 Å². The van der Waals surface area contributed by atoms with Gasteiger partial charge >= 0.3 is 0 Å². The third-order valence-electron chi connectivity index (χ3n) is 3.13. The fraction of sp³-hybridized carbons (Fsp3) is 0.400. The van der Waals surface area contributed by atoms with Gasteiger partial charge in [0.05, 0.1) is 37.2 Å². The Morgan fingerprint density at radius 2 is 1.95 bits per heavy atom. The van der Waals surface area contributed by atoms with Gasteiger partial charge in [-0.25, -0.2) is 0 Å². The van der Waals surface area contributed by atoms with E-state index in [4.69, 9.17) is 21.1 Å². The van der Waals surface area contributed by atoms with Crippen molar-refractivity contribution in [3.8, 4) is 11.5 Å². The number of nitrogens with zero attached hydrogens (tertiary/aromatic N) is 2. The monoisotopic (exact) mass is 309 g/mol. The summed E-state index contributed by atoms with van der Waals surface area (Å²) in [6, 6.07) is 5.89. The lowest BCUT2D eigenvalue weighted by atomic mass is 10.2. The largest absolute Gasteiger partial charge is 0.495 e. The van der Waals surface area contributed by atoms with Gasteiger partial charge < -0.3 is 14.8 Å². The first-order valence-corrected chi connectivity index (χ1v) is 7.12. The molecule has 0 unspecified atom stereocenters. The van der Waals surface area contributed by atoms with Gasteiger partial charge in [-0.05, 0) is 26.0 Å². The molecule has 0 amide bonds. The first kappa shape index (κ1) is 15.5. The molecule has 0 saturated heterocycles. The summed E-state index contributed by atoms with van der Waals surface area (Å²) in [5.41, 5.74) is 1.76. The Kier molecular flexibility index (Phi) is 4.96. The molecule has 6 heteroatoms. The van der Waals surface area contributed by atoms with Crippen LogP contribution < -0.4 is 14.8 Å². The molecule has 1 heterocycles. The number of rotatable bonds is 6. The van der Waals surface area contributed by atoms with E-state index in [1.165, 1.54) is 0 Å². The predicted octanol–water partition coefficient (Wildman–Crippen LogP) is 3.75. The van der Waals surface area contributed by atoms with Gasteiger partial charge in [0.15, 0.2) is 0 Å². The Balaban J connectivity index is 2.13. The van der Waals surface area contributed by atoms with Crippen molar-refractivity contribution in [1.29, 1.82) is 0 Å². The molecule has 0 aliphatic carbocycles. The molecule has 1 aromatic heterocycles. The molecule has 0 bridgehead atoms. The average molecular weight is 310 g/mol. The first-order chi connectivity index (χ1) is 10.0. The number of anilines is 1. The van der Waals surface area contributed by atoms with E-state index in [0.29, 0.717) is 29.1 Å². The standard InChI is InChI=1S/C15H20ClN3O2/c1-10(2)19-6-5-11(18-19)9-17-13-7-12(16)14(20-3)8-15(13)21-4/h5-8,10,17H,9H2,1-4H3. The third kappa shape index (κ3) is 3.61. The normalized spacial score (nSPS) is 10.8. The molecule has 1 aromatic carbocycles. The van der Waals surface area contributed by atoms with Crippen LogP contribution in [-0.2, 0) is 6.54 Å². The minimum Gasteiger partial charge on any atom is -0.495 e. The maximum Gasteiger partial charge on any atom is 0.145 e. The molecule has 0 saturated carbocycles. The second-order valence-electron chi connectivity index (χ2n) is 4.92. The van der Waals surface area contributed by atoms with Gasteiger partial charge in [0.1, 0.15) is 11.5 Å². The fourth-order valence-electron chi connectivity index (χ4n) is 1.94. The van der Waals surface area contributed by atoms with Gasteiger partial charge in [-0.15, -0.1) is 0 Å². The highest BCUT2D eigenvalue weighted by Crippen LogP contribution is 2.36. The maximum atomic E-state index is 6.15. The van der Waals surface area contributed by atoms with Crippen molar-refractivity contribution in [2.75, 3.05) is 19.5 Å². The van der Waals surface area contributed by atoms with Gasteiger partial charge in [0, 0.05) is 18.3 Å². The van der Waals surface area contributed by atoms with Crippen LogP contribution in [0.25, 0.3) is 0 Å². The Morgan fingerprint density at radius 1 is 1.24 bits per heavy atom. The molecule has 114 valence electrons. The molecule has 0 aliphatic heterocycles. The van der Waals surface area contributed by atoms with Crippen molar-refractivity contribution < 1.29 is 9.47 Å². The molecule has 21 heavy (non-hydrogen) atoms. The molecule has 2 aromatic rings. The van der Waals surface area contributed by atoms with Crippen LogP contribution in [0.5, 0.6) is 11.5 Å². The minimum atomic E-state index is 0.351. The smallest absolute Gasteiger partial charge is 0.145 e. The SMILES string of the molecule is COc1cc(OC)c(NCc2ccn(C(C)C)n2)cc1Cl. The lowest BCUT2D eigenvalue weighted by Gasteiger charge is -2.13. The maximum absolute atomic E-state index is 6.15. The van der Waals surface area contributed by atoms with E-state index in [1.807, 2.05) is 16.9 Å². The van der Waals surface area contributed by atoms with E-state index in [1.54, 1.807) is 26.4 Å². The van der Waals surface area contributed by atoms with Gasteiger partial charge in [-0.1, -0.05) is 11.6 Å². The molecule has 2 rings (SSSR count). The number of hydrogen-bond acceptors (Lipinski definition) is 4. The van der Waals surface area contributed by atoms with E-state index >= 15 is 0 Å². The Bertz CT molecular complexity index is 611. The summed E-state index contributed by atoms with van der Waals surface area (Å²) in [6.45, 7) is 4.78. The van der Waals surface area contributed by atoms with Crippen LogP contribution in [0, 0.1) is 0 Å². The highest BCUT2D eigenvalue weighted by atomic mass is 35.5. The number of benzene rings is 1. The zero-order valence-electron chi connectivity index (χ0n) is 12.7. The summed E-state index contributed by atoms with van der Waals surface area (Å²) in [5, 5.41) is 8.31. The minimum absolute atomic E-state index is 0.351. The van der Waals surface area contributed by atoms with E-state index in [-0.39, 0.29) is 0 Å². The third-order valence-corrected chi connectivity index (χ3v) is 3.42. The van der Waals surface area contributed by atoms with Crippen molar-refractivity contribution in [3.05, 3.63) is 35.1 Å². The van der Waals surface area contributed by atoms with Crippen molar-refractivity contribution in [2.45, 2.75) is 26.4 Å². The molecule has 0 atom stereocenters. The number of halogens is 1. The topological polar surface area (TPSA) is 48.3 Å². The molecule has 0 fully saturated rings. The van der Waals surface area contributed by atoms with E-state index in [0.717, 1.165) is 11.4 Å². The number of hydrogen-bond donors (Lipinski definition) is 1. The molecule has 0 radical (unpaired) electrons. The van der Waals surface area contributed by atoms with Crippen LogP contribution in [0.3, 0.4) is 0 Å². The van der Waals surface area contributed by atoms with E-state index < -0.39 is 0 Å². The van der Waals surface area contributed by atoms with Crippen molar-refractivity contribution in [1.82, 2.24) is 9.78 Å². The summed E-state index contributed by atoms with van der Waals surface area (Å²) in [4.78, 5) is 0. The molecule has 1 N–H and O–H groups in total. The number of aromatic nitrogens is 2. The van der Waals surface area contributed by atoms with Crippen LogP contribution in [-0.4, -0.2) is 24.0 Å². The van der Waals surface area contributed by atoms with Crippen LogP contribution in [0.1, 0.15) is 25.6 Å². The van der Waals surface area contributed by atoms with Gasteiger partial charge in [-0.3, -0.25) is 4.68 Å². The Hall–Kier alpha value is -1.88. The van der Waals surface area contributed by atoms with E-state index in [9.17, 15) is 0 Å². The summed E-state index contributed by atoms with van der Waals surface area (Å²) in [5.74, 6) is 1.27. The zero-order chi connectivity index (χ0) is 15.4. The zero-order valence-corrected chi connectivity index (χ0v) is 13.4. The molecular formula is C15H20ClN3O2. The van der Waals surface area contributed by atoms with Crippen molar-refractivity contribution in [2.24, 2.45) is 0 Å². The fourth-order valence-corrected chi connectivity index (χ4v) is 2.18. The number of ether oxygens (including phenoxy) is 2. The lowest BCUT2D eigenvalue weighted by molar-refractivity contribution is 0.395. The van der Waals surface area contributed by atoms with Crippen LogP contribution in [0.2, 0.25) is 5.02 Å². The molecule has 0 aliphatic rings. The van der Waals surface area contributed by atoms with Crippen LogP contribution >= 0.6 is 11.6 Å². The van der Waals surface area contributed by atoms with Crippen molar-refractivity contribution >= 4 is 17.3 Å². The number of nitrogens with one attached hydrogen (secondary N) is 1. The van der Waals surface area contributed by atoms with Gasteiger partial charge in [-0.2, -0.15) is 5.10 Å². The van der Waals surface area contributed by atoms with Crippen LogP contribution in [0.15, 0.2) is 24.4 Å². The first-order valence-electron chi connectivity index (χ1n) is 6.74. The highest BCUT2D eigenvalue weighted by molar-refractivity contribution is 6.32. The van der Waals surface area contributed by atoms with Gasteiger partial charge in [0.25, 0.3) is 0 Å². The second kappa shape index (κ2) is 6.72. The summed E-state index contributed by atoms with van der Waals surface area (Å²) >= 11 is 6.15. The highest BCUT2D eigenvalue weighted by Gasteiger charge is 2.10. The summed E-state index contributed by atoms with van der Waals surface area (Å²) in [6.07, 6.45) is 1.97. The molecule has 0 spiro atoms. The lowest BCUT2D eigenvalue weighted by Crippen LogP contribution is -2.05. The molecule has 5 nitrogen and oxygen atoms in total. The predicted molar refractivity (Wildman–Crippen MR) is 84.5 cm³/mol. The summed E-state index contributed by atoms with van der Waals surface area (Å²) < 4.78 is 12.5. The Morgan fingerprint density at radius 3 is 2.52 bits per heavy atom. The quantitative estimate of drug-likeness (QED) is 0.883. The average Bonchev–Trinajstić information content (AvgIpc) is 2.94.